The second-order valence-electron chi connectivity index (χ2n) is 5.75. The summed E-state index contributed by atoms with van der Waals surface area (Å²) < 4.78 is 45.3. The summed E-state index contributed by atoms with van der Waals surface area (Å²) in [7, 11) is -3.58. The summed E-state index contributed by atoms with van der Waals surface area (Å²) in [5.74, 6) is -0.556. The van der Waals surface area contributed by atoms with Crippen LogP contribution in [0.2, 0.25) is 0 Å². The molecule has 0 saturated heterocycles. The average molecular weight is 380 g/mol. The summed E-state index contributed by atoms with van der Waals surface area (Å²) in [6, 6.07) is 11.1. The molecule has 2 N–H and O–H groups in total. The SMILES string of the molecule is CC[C@@H](C)NS(=O)(=O)c1ccc(OCC(=O)Nc2cccc(F)c2)cc1. The highest BCUT2D eigenvalue weighted by Crippen LogP contribution is 2.17. The van der Waals surface area contributed by atoms with Crippen LogP contribution in [-0.2, 0) is 14.8 Å². The van der Waals surface area contributed by atoms with Gasteiger partial charge < -0.3 is 10.1 Å². The van der Waals surface area contributed by atoms with Crippen molar-refractivity contribution in [1.82, 2.24) is 4.72 Å². The minimum absolute atomic E-state index is 0.120. The number of ether oxygens (including phenoxy) is 1. The predicted octanol–water partition coefficient (Wildman–Crippen LogP) is 2.92. The van der Waals surface area contributed by atoms with E-state index in [0.717, 1.165) is 0 Å². The second-order valence-corrected chi connectivity index (χ2v) is 7.46. The van der Waals surface area contributed by atoms with E-state index >= 15 is 0 Å². The average Bonchev–Trinajstić information content (AvgIpc) is 2.60. The van der Waals surface area contributed by atoms with E-state index in [0.29, 0.717) is 17.9 Å². The van der Waals surface area contributed by atoms with Crippen LogP contribution >= 0.6 is 0 Å². The minimum atomic E-state index is -3.58. The topological polar surface area (TPSA) is 84.5 Å². The Bertz CT molecular complexity index is 854. The fraction of sp³-hybridized carbons (Fsp3) is 0.278. The zero-order valence-corrected chi connectivity index (χ0v) is 15.3. The maximum Gasteiger partial charge on any atom is 0.262 e. The van der Waals surface area contributed by atoms with Crippen molar-refractivity contribution in [3.63, 3.8) is 0 Å². The van der Waals surface area contributed by atoms with Gasteiger partial charge in [-0.15, -0.1) is 0 Å². The van der Waals surface area contributed by atoms with Crippen molar-refractivity contribution >= 4 is 21.6 Å². The summed E-state index contributed by atoms with van der Waals surface area (Å²) in [5.41, 5.74) is 0.330. The lowest BCUT2D eigenvalue weighted by atomic mass is 10.3. The molecule has 6 nitrogen and oxygen atoms in total. The van der Waals surface area contributed by atoms with E-state index in [-0.39, 0.29) is 17.5 Å². The molecule has 0 fully saturated rings. The maximum atomic E-state index is 13.1. The minimum Gasteiger partial charge on any atom is -0.484 e. The first-order chi connectivity index (χ1) is 12.3. The Kier molecular flexibility index (Phi) is 6.70. The number of anilines is 1. The summed E-state index contributed by atoms with van der Waals surface area (Å²) in [5, 5.41) is 2.51. The Morgan fingerprint density at radius 1 is 1.19 bits per heavy atom. The summed E-state index contributed by atoms with van der Waals surface area (Å²) >= 11 is 0. The first kappa shape index (κ1) is 19.9. The van der Waals surface area contributed by atoms with Crippen LogP contribution < -0.4 is 14.8 Å². The maximum absolute atomic E-state index is 13.1. The third-order valence-corrected chi connectivity index (χ3v) is 5.19. The molecule has 2 aromatic carbocycles. The molecule has 1 amide bonds. The summed E-state index contributed by atoms with van der Waals surface area (Å²) in [6.45, 7) is 3.39. The number of nitrogens with one attached hydrogen (secondary N) is 2. The molecule has 0 unspecified atom stereocenters. The van der Waals surface area contributed by atoms with Gasteiger partial charge in [0.05, 0.1) is 4.90 Å². The smallest absolute Gasteiger partial charge is 0.262 e. The van der Waals surface area contributed by atoms with Crippen molar-refractivity contribution < 1.29 is 22.3 Å². The van der Waals surface area contributed by atoms with Gasteiger partial charge in [-0.3, -0.25) is 4.79 Å². The van der Waals surface area contributed by atoms with Gasteiger partial charge in [-0.1, -0.05) is 13.0 Å². The van der Waals surface area contributed by atoms with Crippen molar-refractivity contribution in [3.8, 4) is 5.75 Å². The van der Waals surface area contributed by atoms with Crippen LogP contribution in [0, 0.1) is 5.82 Å². The molecule has 0 aliphatic carbocycles. The van der Waals surface area contributed by atoms with E-state index in [1.165, 1.54) is 42.5 Å². The van der Waals surface area contributed by atoms with E-state index in [1.807, 2.05) is 6.92 Å². The third kappa shape index (κ3) is 5.82. The summed E-state index contributed by atoms with van der Waals surface area (Å²) in [4.78, 5) is 11.9. The fourth-order valence-corrected chi connectivity index (χ4v) is 3.37. The molecule has 0 radical (unpaired) electrons. The Morgan fingerprint density at radius 3 is 2.50 bits per heavy atom. The molecule has 0 bridgehead atoms. The van der Waals surface area contributed by atoms with Gasteiger partial charge in [-0.2, -0.15) is 0 Å². The van der Waals surface area contributed by atoms with Gasteiger partial charge in [0.2, 0.25) is 10.0 Å². The lowest BCUT2D eigenvalue weighted by Gasteiger charge is -2.12. The molecule has 140 valence electrons. The molecule has 8 heteroatoms. The number of rotatable bonds is 8. The van der Waals surface area contributed by atoms with Crippen LogP contribution in [0.1, 0.15) is 20.3 Å². The normalized spacial score (nSPS) is 12.4. The highest BCUT2D eigenvalue weighted by atomic mass is 32.2. The predicted molar refractivity (Wildman–Crippen MR) is 97.0 cm³/mol. The number of benzene rings is 2. The van der Waals surface area contributed by atoms with Crippen molar-refractivity contribution in [2.24, 2.45) is 0 Å². The monoisotopic (exact) mass is 380 g/mol. The number of sulfonamides is 1. The van der Waals surface area contributed by atoms with Gasteiger partial charge in [-0.05, 0) is 55.8 Å². The second kappa shape index (κ2) is 8.77. The first-order valence-corrected chi connectivity index (χ1v) is 9.59. The van der Waals surface area contributed by atoms with Gasteiger partial charge in [0.1, 0.15) is 11.6 Å². The fourth-order valence-electron chi connectivity index (χ4n) is 2.04. The Hall–Kier alpha value is -2.45. The Balaban J connectivity index is 1.92. The number of halogens is 1. The van der Waals surface area contributed by atoms with Gasteiger partial charge in [0.25, 0.3) is 5.91 Å². The van der Waals surface area contributed by atoms with Crippen LogP contribution in [-0.4, -0.2) is 27.0 Å². The van der Waals surface area contributed by atoms with Crippen LogP contribution in [0.5, 0.6) is 5.75 Å². The molecule has 26 heavy (non-hydrogen) atoms. The quantitative estimate of drug-likeness (QED) is 0.737. The third-order valence-electron chi connectivity index (χ3n) is 3.58. The number of hydrogen-bond acceptors (Lipinski definition) is 4. The van der Waals surface area contributed by atoms with E-state index in [9.17, 15) is 17.6 Å². The summed E-state index contributed by atoms with van der Waals surface area (Å²) in [6.07, 6.45) is 0.681. The molecule has 0 aliphatic rings. The molecule has 2 aromatic rings. The molecule has 2 rings (SSSR count). The van der Waals surface area contributed by atoms with Crippen molar-refractivity contribution in [3.05, 3.63) is 54.3 Å². The van der Waals surface area contributed by atoms with E-state index in [2.05, 4.69) is 10.0 Å². The van der Waals surface area contributed by atoms with E-state index in [1.54, 1.807) is 13.0 Å². The van der Waals surface area contributed by atoms with E-state index < -0.39 is 21.7 Å². The number of amides is 1. The van der Waals surface area contributed by atoms with Gasteiger partial charge in [-0.25, -0.2) is 17.5 Å². The molecule has 1 atom stereocenters. The Labute approximate surface area is 152 Å². The highest BCUT2D eigenvalue weighted by Gasteiger charge is 2.16. The number of carbonyl (C=O) groups is 1. The van der Waals surface area contributed by atoms with Gasteiger partial charge in [0.15, 0.2) is 6.61 Å². The van der Waals surface area contributed by atoms with Gasteiger partial charge in [0, 0.05) is 11.7 Å². The number of hydrogen-bond donors (Lipinski definition) is 2. The van der Waals surface area contributed by atoms with Crippen molar-refractivity contribution in [2.45, 2.75) is 31.2 Å². The molecular weight excluding hydrogens is 359 g/mol. The van der Waals surface area contributed by atoms with Crippen LogP contribution in [0.15, 0.2) is 53.4 Å². The van der Waals surface area contributed by atoms with Crippen molar-refractivity contribution in [1.29, 1.82) is 0 Å². The Morgan fingerprint density at radius 2 is 1.88 bits per heavy atom. The zero-order chi connectivity index (χ0) is 19.2. The molecule has 0 heterocycles. The molecule has 0 aliphatic heterocycles. The first-order valence-electron chi connectivity index (χ1n) is 8.11. The number of carbonyl (C=O) groups excluding carboxylic acids is 1. The zero-order valence-electron chi connectivity index (χ0n) is 14.5. The lowest BCUT2D eigenvalue weighted by Crippen LogP contribution is -2.31. The largest absolute Gasteiger partial charge is 0.484 e. The van der Waals surface area contributed by atoms with Gasteiger partial charge >= 0.3 is 0 Å². The van der Waals surface area contributed by atoms with Crippen LogP contribution in [0.25, 0.3) is 0 Å². The molecular formula is C18H21FN2O4S. The molecule has 0 aromatic heterocycles. The van der Waals surface area contributed by atoms with Crippen molar-refractivity contribution in [2.75, 3.05) is 11.9 Å². The van der Waals surface area contributed by atoms with Crippen LogP contribution in [0.4, 0.5) is 10.1 Å². The molecule has 0 saturated carbocycles. The standard InChI is InChI=1S/C18H21FN2O4S/c1-3-13(2)21-26(23,24)17-9-7-16(8-10-17)25-12-18(22)20-15-6-4-5-14(19)11-15/h4-11,13,21H,3,12H2,1-2H3,(H,20,22)/t13-/m1/s1. The molecule has 0 spiro atoms. The highest BCUT2D eigenvalue weighted by molar-refractivity contribution is 7.89. The van der Waals surface area contributed by atoms with Crippen LogP contribution in [0.3, 0.4) is 0 Å². The lowest BCUT2D eigenvalue weighted by molar-refractivity contribution is -0.118. The van der Waals surface area contributed by atoms with E-state index in [4.69, 9.17) is 4.74 Å².